The number of aliphatic carboxylic acids is 1. The summed E-state index contributed by atoms with van der Waals surface area (Å²) in [5, 5.41) is 15.1. The normalized spacial score (nSPS) is 34.4. The number of fused-ring (bicyclic) bond motifs is 2. The van der Waals surface area contributed by atoms with Gasteiger partial charge >= 0.3 is 5.97 Å². The van der Waals surface area contributed by atoms with Gasteiger partial charge in [0, 0.05) is 11.4 Å². The highest BCUT2D eigenvalue weighted by molar-refractivity contribution is 7.13. The molecular formula is C15H22N2O2S. The Labute approximate surface area is 123 Å². The second-order valence-electron chi connectivity index (χ2n) is 7.21. The molecular weight excluding hydrogens is 272 g/mol. The molecule has 1 aromatic heterocycles. The fourth-order valence-electron chi connectivity index (χ4n) is 4.40. The second kappa shape index (κ2) is 4.45. The summed E-state index contributed by atoms with van der Waals surface area (Å²) in [5.41, 5.74) is 1.29. The summed E-state index contributed by atoms with van der Waals surface area (Å²) < 4.78 is 0. The zero-order valence-electron chi connectivity index (χ0n) is 12.3. The molecule has 2 fully saturated rings. The average molecular weight is 294 g/mol. The zero-order valence-corrected chi connectivity index (χ0v) is 13.1. The number of carbonyl (C=O) groups is 1. The Balaban J connectivity index is 1.77. The van der Waals surface area contributed by atoms with Gasteiger partial charge in [0.25, 0.3) is 0 Å². The minimum absolute atomic E-state index is 0.00608. The van der Waals surface area contributed by atoms with Crippen LogP contribution in [0.2, 0.25) is 0 Å². The maximum absolute atomic E-state index is 10.7. The van der Waals surface area contributed by atoms with Crippen LogP contribution in [0.25, 0.3) is 0 Å². The van der Waals surface area contributed by atoms with Crippen molar-refractivity contribution in [1.82, 2.24) is 4.98 Å². The lowest BCUT2D eigenvalue weighted by atomic mass is 9.68. The van der Waals surface area contributed by atoms with E-state index < -0.39 is 5.97 Å². The molecule has 0 aromatic carbocycles. The minimum atomic E-state index is -0.825. The SMILES string of the molecule is CC12CCC(C1)C(C)(C)C2Nc1nc(CC(=O)O)cs1. The number of aromatic nitrogens is 1. The third-order valence-corrected chi connectivity index (χ3v) is 6.24. The number of hydrogen-bond donors (Lipinski definition) is 2. The highest BCUT2D eigenvalue weighted by Crippen LogP contribution is 2.63. The van der Waals surface area contributed by atoms with Crippen LogP contribution in [0.1, 0.15) is 45.7 Å². The van der Waals surface area contributed by atoms with Crippen LogP contribution in [0.3, 0.4) is 0 Å². The number of nitrogens with one attached hydrogen (secondary N) is 1. The van der Waals surface area contributed by atoms with Crippen molar-refractivity contribution in [2.45, 2.75) is 52.5 Å². The molecule has 2 aliphatic carbocycles. The molecule has 5 heteroatoms. The lowest BCUT2D eigenvalue weighted by Crippen LogP contribution is -2.45. The largest absolute Gasteiger partial charge is 0.481 e. The first-order valence-electron chi connectivity index (χ1n) is 7.24. The van der Waals surface area contributed by atoms with Crippen LogP contribution in [0.15, 0.2) is 5.38 Å². The topological polar surface area (TPSA) is 62.2 Å². The van der Waals surface area contributed by atoms with E-state index in [0.29, 0.717) is 17.2 Å². The second-order valence-corrected chi connectivity index (χ2v) is 8.07. The third-order valence-electron chi connectivity index (χ3n) is 5.42. The number of carboxylic acid groups (broad SMARTS) is 1. The Bertz CT molecular complexity index is 535. The van der Waals surface area contributed by atoms with E-state index in [1.54, 1.807) is 0 Å². The summed E-state index contributed by atoms with van der Waals surface area (Å²) in [6.45, 7) is 7.09. The van der Waals surface area contributed by atoms with Crippen molar-refractivity contribution in [3.05, 3.63) is 11.1 Å². The number of hydrogen-bond acceptors (Lipinski definition) is 4. The summed E-state index contributed by atoms with van der Waals surface area (Å²) in [5.74, 6) is -0.0301. The Morgan fingerprint density at radius 3 is 2.90 bits per heavy atom. The van der Waals surface area contributed by atoms with E-state index in [1.165, 1.54) is 30.6 Å². The Hall–Kier alpha value is -1.10. The summed E-state index contributed by atoms with van der Waals surface area (Å²) >= 11 is 1.52. The van der Waals surface area contributed by atoms with Gasteiger partial charge in [-0.25, -0.2) is 4.98 Å². The van der Waals surface area contributed by atoms with E-state index in [1.807, 2.05) is 5.38 Å². The van der Waals surface area contributed by atoms with Gasteiger partial charge in [0.05, 0.1) is 12.1 Å². The van der Waals surface area contributed by atoms with Crippen molar-refractivity contribution in [2.75, 3.05) is 5.32 Å². The maximum Gasteiger partial charge on any atom is 0.309 e. The molecule has 2 N–H and O–H groups in total. The molecule has 4 nitrogen and oxygen atoms in total. The van der Waals surface area contributed by atoms with E-state index in [0.717, 1.165) is 11.0 Å². The van der Waals surface area contributed by atoms with Gasteiger partial charge in [-0.3, -0.25) is 4.79 Å². The Kier molecular flexibility index (Phi) is 3.08. The van der Waals surface area contributed by atoms with E-state index >= 15 is 0 Å². The van der Waals surface area contributed by atoms with Gasteiger partial charge in [-0.05, 0) is 36.0 Å². The first-order chi connectivity index (χ1) is 9.31. The average Bonchev–Trinajstić information content (AvgIpc) is 2.96. The number of rotatable bonds is 4. The zero-order chi connectivity index (χ0) is 14.5. The van der Waals surface area contributed by atoms with E-state index in [4.69, 9.17) is 5.11 Å². The summed E-state index contributed by atoms with van der Waals surface area (Å²) in [6, 6.07) is 0.428. The number of thiazole rings is 1. The number of carboxylic acids is 1. The van der Waals surface area contributed by atoms with Crippen molar-refractivity contribution in [3.8, 4) is 0 Å². The van der Waals surface area contributed by atoms with Crippen LogP contribution in [0.4, 0.5) is 5.13 Å². The molecule has 2 saturated carbocycles. The molecule has 0 radical (unpaired) electrons. The molecule has 0 amide bonds. The van der Waals surface area contributed by atoms with Crippen molar-refractivity contribution in [3.63, 3.8) is 0 Å². The van der Waals surface area contributed by atoms with Crippen molar-refractivity contribution in [1.29, 1.82) is 0 Å². The minimum Gasteiger partial charge on any atom is -0.481 e. The summed E-state index contributed by atoms with van der Waals surface area (Å²) in [4.78, 5) is 15.1. The molecule has 110 valence electrons. The fourth-order valence-corrected chi connectivity index (χ4v) is 5.13. The molecule has 0 aliphatic heterocycles. The van der Waals surface area contributed by atoms with E-state index in [-0.39, 0.29) is 11.8 Å². The molecule has 20 heavy (non-hydrogen) atoms. The van der Waals surface area contributed by atoms with Crippen LogP contribution in [0, 0.1) is 16.7 Å². The molecule has 0 spiro atoms. The predicted molar refractivity (Wildman–Crippen MR) is 80.1 cm³/mol. The third kappa shape index (κ3) is 2.12. The van der Waals surface area contributed by atoms with Crippen LogP contribution in [-0.4, -0.2) is 22.1 Å². The number of nitrogens with zero attached hydrogens (tertiary/aromatic N) is 1. The Morgan fingerprint density at radius 2 is 2.30 bits per heavy atom. The van der Waals surface area contributed by atoms with Gasteiger partial charge in [0.15, 0.2) is 5.13 Å². The lowest BCUT2D eigenvalue weighted by molar-refractivity contribution is -0.136. The van der Waals surface area contributed by atoms with E-state index in [9.17, 15) is 4.79 Å². The quantitative estimate of drug-likeness (QED) is 0.893. The molecule has 2 aliphatic rings. The van der Waals surface area contributed by atoms with Crippen molar-refractivity contribution < 1.29 is 9.90 Å². The van der Waals surface area contributed by atoms with Crippen LogP contribution < -0.4 is 5.32 Å². The smallest absolute Gasteiger partial charge is 0.309 e. The first-order valence-corrected chi connectivity index (χ1v) is 8.12. The molecule has 2 bridgehead atoms. The fraction of sp³-hybridized carbons (Fsp3) is 0.733. The van der Waals surface area contributed by atoms with E-state index in [2.05, 4.69) is 31.1 Å². The highest BCUT2D eigenvalue weighted by Gasteiger charge is 2.59. The first kappa shape index (κ1) is 13.9. The monoisotopic (exact) mass is 294 g/mol. The van der Waals surface area contributed by atoms with Gasteiger partial charge < -0.3 is 10.4 Å². The van der Waals surface area contributed by atoms with Crippen LogP contribution in [0.5, 0.6) is 0 Å². The summed E-state index contributed by atoms with van der Waals surface area (Å²) in [7, 11) is 0. The van der Waals surface area contributed by atoms with Gasteiger partial charge in [-0.15, -0.1) is 11.3 Å². The van der Waals surface area contributed by atoms with Crippen LogP contribution >= 0.6 is 11.3 Å². The molecule has 3 atom stereocenters. The summed E-state index contributed by atoms with van der Waals surface area (Å²) in [6.07, 6.45) is 3.92. The standard InChI is InChI=1S/C15H22N2O2S/c1-14(2)9-4-5-15(3,7-9)12(14)17-13-16-10(8-20-13)6-11(18)19/h8-9,12H,4-7H2,1-3H3,(H,16,17)(H,18,19). The van der Waals surface area contributed by atoms with Gasteiger partial charge in [0.1, 0.15) is 0 Å². The number of anilines is 1. The van der Waals surface area contributed by atoms with Crippen molar-refractivity contribution in [2.24, 2.45) is 16.7 Å². The molecule has 3 rings (SSSR count). The van der Waals surface area contributed by atoms with Crippen LogP contribution in [-0.2, 0) is 11.2 Å². The van der Waals surface area contributed by atoms with Gasteiger partial charge in [-0.1, -0.05) is 20.8 Å². The lowest BCUT2D eigenvalue weighted by Gasteiger charge is -2.43. The molecule has 1 aromatic rings. The highest BCUT2D eigenvalue weighted by atomic mass is 32.1. The van der Waals surface area contributed by atoms with Gasteiger partial charge in [0.2, 0.25) is 0 Å². The Morgan fingerprint density at radius 1 is 1.55 bits per heavy atom. The molecule has 3 unspecified atom stereocenters. The van der Waals surface area contributed by atoms with Crippen molar-refractivity contribution >= 4 is 22.4 Å². The molecule has 0 saturated heterocycles. The molecule has 1 heterocycles. The predicted octanol–water partition coefficient (Wildman–Crippen LogP) is 3.40. The van der Waals surface area contributed by atoms with Gasteiger partial charge in [-0.2, -0.15) is 0 Å². The maximum atomic E-state index is 10.7.